The van der Waals surface area contributed by atoms with Crippen LogP contribution in [0.2, 0.25) is 0 Å². The summed E-state index contributed by atoms with van der Waals surface area (Å²) in [6.07, 6.45) is 5.79. The Kier molecular flexibility index (Phi) is 7.67. The smallest absolute Gasteiger partial charge is 0.320 e. The number of pyridine rings is 1. The van der Waals surface area contributed by atoms with Gasteiger partial charge in [0, 0.05) is 29.6 Å². The molecular formula is C27H32N6O2S. The normalized spacial score (nSPS) is 17.5. The molecule has 2 aliphatic heterocycles. The van der Waals surface area contributed by atoms with Crippen LogP contribution in [0.5, 0.6) is 6.01 Å². The summed E-state index contributed by atoms with van der Waals surface area (Å²) in [6, 6.07) is 11.2. The number of carbonyl (C=O) groups excluding carboxylic acids is 1. The van der Waals surface area contributed by atoms with E-state index >= 15 is 0 Å². The van der Waals surface area contributed by atoms with Gasteiger partial charge in [-0.25, -0.2) is 4.98 Å². The van der Waals surface area contributed by atoms with Gasteiger partial charge < -0.3 is 20.3 Å². The maximum absolute atomic E-state index is 11.5. The van der Waals surface area contributed by atoms with E-state index in [1.807, 2.05) is 23.9 Å². The second-order valence-corrected chi connectivity index (χ2v) is 10.3. The summed E-state index contributed by atoms with van der Waals surface area (Å²) in [6.45, 7) is 6.06. The Labute approximate surface area is 215 Å². The van der Waals surface area contributed by atoms with Crippen molar-refractivity contribution in [3.05, 3.63) is 48.6 Å². The third-order valence-corrected chi connectivity index (χ3v) is 7.94. The molecule has 0 unspecified atom stereocenters. The van der Waals surface area contributed by atoms with E-state index in [9.17, 15) is 4.79 Å². The van der Waals surface area contributed by atoms with Crippen LogP contribution >= 0.6 is 11.8 Å². The van der Waals surface area contributed by atoms with Crippen LogP contribution in [-0.4, -0.2) is 70.8 Å². The van der Waals surface area contributed by atoms with Gasteiger partial charge in [-0.15, -0.1) is 11.8 Å². The van der Waals surface area contributed by atoms with Crippen molar-refractivity contribution in [2.24, 2.45) is 0 Å². The number of amides is 1. The standard InChI is InChI=1S/C27H32N6O2S/c1-3-24(34)28-13-14-29-25-21-11-12-22(19-8-4-10-23-20(19)9-6-16-36-23)30-26(21)32-27(31-25)35-17-18-7-5-15-33(18)2/h3-4,8,10-12,18H,1,5-7,9,13-17H2,2H3,(H,28,34)(H,29,30,31,32)/t18-/m0/s1. The summed E-state index contributed by atoms with van der Waals surface area (Å²) in [7, 11) is 2.12. The third-order valence-electron chi connectivity index (χ3n) is 6.76. The molecule has 8 nitrogen and oxygen atoms in total. The first-order chi connectivity index (χ1) is 17.6. The largest absolute Gasteiger partial charge is 0.462 e. The molecule has 3 aromatic rings. The molecule has 1 fully saturated rings. The highest BCUT2D eigenvalue weighted by Gasteiger charge is 2.22. The predicted molar refractivity (Wildman–Crippen MR) is 145 cm³/mol. The number of benzene rings is 1. The Bertz CT molecular complexity index is 1270. The second kappa shape index (κ2) is 11.3. The molecule has 0 radical (unpaired) electrons. The number of anilines is 1. The number of nitrogens with zero attached hydrogens (tertiary/aromatic N) is 4. The van der Waals surface area contributed by atoms with Gasteiger partial charge >= 0.3 is 6.01 Å². The summed E-state index contributed by atoms with van der Waals surface area (Å²) in [5.74, 6) is 1.60. The van der Waals surface area contributed by atoms with Gasteiger partial charge in [0.2, 0.25) is 5.91 Å². The second-order valence-electron chi connectivity index (χ2n) is 9.17. The van der Waals surface area contributed by atoms with E-state index in [-0.39, 0.29) is 5.91 Å². The Hall–Kier alpha value is -3.17. The van der Waals surface area contributed by atoms with Crippen molar-refractivity contribution >= 4 is 34.5 Å². The number of likely N-dealkylation sites (N-methyl/N-ethyl adjacent to an activating group) is 1. The summed E-state index contributed by atoms with van der Waals surface area (Å²) in [5.41, 5.74) is 4.03. The monoisotopic (exact) mass is 504 g/mol. The van der Waals surface area contributed by atoms with Gasteiger partial charge in [0.15, 0.2) is 5.65 Å². The zero-order chi connectivity index (χ0) is 24.9. The molecule has 1 atom stereocenters. The highest BCUT2D eigenvalue weighted by molar-refractivity contribution is 7.99. The summed E-state index contributed by atoms with van der Waals surface area (Å²) in [4.78, 5) is 29.5. The van der Waals surface area contributed by atoms with Crippen LogP contribution in [0.4, 0.5) is 5.82 Å². The Morgan fingerprint density at radius 2 is 2.14 bits per heavy atom. The number of ether oxygens (including phenoxy) is 1. The fourth-order valence-electron chi connectivity index (χ4n) is 4.77. The van der Waals surface area contributed by atoms with Crippen LogP contribution in [0.3, 0.4) is 0 Å². The maximum atomic E-state index is 11.5. The van der Waals surface area contributed by atoms with Gasteiger partial charge in [0.1, 0.15) is 12.4 Å². The Morgan fingerprint density at radius 1 is 1.22 bits per heavy atom. The van der Waals surface area contributed by atoms with Gasteiger partial charge in [-0.05, 0) is 74.9 Å². The van der Waals surface area contributed by atoms with E-state index in [2.05, 4.69) is 52.3 Å². The molecule has 188 valence electrons. The molecule has 2 aliphatic rings. The molecule has 2 aromatic heterocycles. The molecule has 0 bridgehead atoms. The van der Waals surface area contributed by atoms with E-state index in [0.29, 0.717) is 43.2 Å². The van der Waals surface area contributed by atoms with Crippen LogP contribution in [0.25, 0.3) is 22.3 Å². The molecule has 4 heterocycles. The van der Waals surface area contributed by atoms with Crippen molar-refractivity contribution in [3.63, 3.8) is 0 Å². The SMILES string of the molecule is C=CC(=O)NCCNc1nc(OC[C@@H]2CCCN2C)nc2nc(-c3cccc4c3CCCS4)ccc12. The fraction of sp³-hybridized carbons (Fsp3) is 0.407. The van der Waals surface area contributed by atoms with E-state index in [1.165, 1.54) is 29.4 Å². The van der Waals surface area contributed by atoms with E-state index < -0.39 is 0 Å². The highest BCUT2D eigenvalue weighted by Crippen LogP contribution is 2.36. The molecule has 0 saturated carbocycles. The molecule has 0 spiro atoms. The van der Waals surface area contributed by atoms with Crippen molar-refractivity contribution < 1.29 is 9.53 Å². The van der Waals surface area contributed by atoms with E-state index in [1.54, 1.807) is 0 Å². The number of hydrogen-bond donors (Lipinski definition) is 2. The van der Waals surface area contributed by atoms with Gasteiger partial charge in [0.25, 0.3) is 0 Å². The first-order valence-corrected chi connectivity index (χ1v) is 13.5. The van der Waals surface area contributed by atoms with Crippen molar-refractivity contribution in [1.82, 2.24) is 25.2 Å². The number of fused-ring (bicyclic) bond motifs is 2. The van der Waals surface area contributed by atoms with Crippen LogP contribution < -0.4 is 15.4 Å². The third kappa shape index (κ3) is 5.47. The highest BCUT2D eigenvalue weighted by atomic mass is 32.2. The molecule has 1 aromatic carbocycles. The van der Waals surface area contributed by atoms with E-state index in [4.69, 9.17) is 14.7 Å². The van der Waals surface area contributed by atoms with Gasteiger partial charge in [-0.1, -0.05) is 18.7 Å². The van der Waals surface area contributed by atoms with Crippen molar-refractivity contribution in [1.29, 1.82) is 0 Å². The summed E-state index contributed by atoms with van der Waals surface area (Å²) >= 11 is 1.92. The molecule has 0 aliphatic carbocycles. The first-order valence-electron chi connectivity index (χ1n) is 12.5. The fourth-order valence-corrected chi connectivity index (χ4v) is 5.84. The van der Waals surface area contributed by atoms with Gasteiger partial charge in [0.05, 0.1) is 11.1 Å². The number of rotatable bonds is 9. The van der Waals surface area contributed by atoms with Crippen LogP contribution in [0, 0.1) is 0 Å². The number of carbonyl (C=O) groups is 1. The summed E-state index contributed by atoms with van der Waals surface area (Å²) in [5, 5.41) is 6.91. The number of hydrogen-bond acceptors (Lipinski definition) is 8. The molecule has 36 heavy (non-hydrogen) atoms. The predicted octanol–water partition coefficient (Wildman–Crippen LogP) is 3.92. The Balaban J connectivity index is 1.45. The lowest BCUT2D eigenvalue weighted by atomic mass is 9.99. The first kappa shape index (κ1) is 24.5. The van der Waals surface area contributed by atoms with E-state index in [0.717, 1.165) is 41.8 Å². The zero-order valence-corrected chi connectivity index (χ0v) is 21.4. The van der Waals surface area contributed by atoms with Gasteiger partial charge in [-0.2, -0.15) is 9.97 Å². The zero-order valence-electron chi connectivity index (χ0n) is 20.6. The average molecular weight is 505 g/mol. The summed E-state index contributed by atoms with van der Waals surface area (Å²) < 4.78 is 6.08. The van der Waals surface area contributed by atoms with Crippen molar-refractivity contribution in [2.75, 3.05) is 44.4 Å². The molecule has 9 heteroatoms. The Morgan fingerprint density at radius 3 is 2.97 bits per heavy atom. The molecule has 1 amide bonds. The lowest BCUT2D eigenvalue weighted by Crippen LogP contribution is -2.31. The van der Waals surface area contributed by atoms with Crippen LogP contribution in [-0.2, 0) is 11.2 Å². The van der Waals surface area contributed by atoms with Crippen LogP contribution in [0.15, 0.2) is 47.9 Å². The minimum Gasteiger partial charge on any atom is -0.462 e. The van der Waals surface area contributed by atoms with Gasteiger partial charge in [-0.3, -0.25) is 4.79 Å². The minimum atomic E-state index is -0.204. The quantitative estimate of drug-likeness (QED) is 0.335. The average Bonchev–Trinajstić information content (AvgIpc) is 3.33. The van der Waals surface area contributed by atoms with Crippen LogP contribution in [0.1, 0.15) is 24.8 Å². The van der Waals surface area contributed by atoms with Crippen molar-refractivity contribution in [2.45, 2.75) is 36.6 Å². The van der Waals surface area contributed by atoms with Crippen molar-refractivity contribution in [3.8, 4) is 17.3 Å². The topological polar surface area (TPSA) is 92.3 Å². The molecular weight excluding hydrogens is 472 g/mol. The molecule has 2 N–H and O–H groups in total. The number of likely N-dealkylation sites (tertiary alicyclic amines) is 1. The number of nitrogens with one attached hydrogen (secondary N) is 2. The lowest BCUT2D eigenvalue weighted by Gasteiger charge is -2.20. The number of thioether (sulfide) groups is 1. The number of aromatic nitrogens is 3. The molecule has 5 rings (SSSR count). The molecule has 1 saturated heterocycles. The lowest BCUT2D eigenvalue weighted by molar-refractivity contribution is -0.116. The maximum Gasteiger partial charge on any atom is 0.320 e. The minimum absolute atomic E-state index is 0.204.